The summed E-state index contributed by atoms with van der Waals surface area (Å²) in [6, 6.07) is 10.4. The molecule has 4 nitrogen and oxygen atoms in total. The average Bonchev–Trinajstić information content (AvgIpc) is 2.75. The Morgan fingerprint density at radius 3 is 2.78 bits per heavy atom. The first kappa shape index (κ1) is 12.3. The van der Waals surface area contributed by atoms with Crippen molar-refractivity contribution in [2.24, 2.45) is 0 Å². The van der Waals surface area contributed by atoms with Gasteiger partial charge in [-0.25, -0.2) is 4.68 Å². The van der Waals surface area contributed by atoms with E-state index in [0.29, 0.717) is 13.0 Å². The van der Waals surface area contributed by atoms with Gasteiger partial charge in [-0.15, -0.1) is 5.10 Å². The summed E-state index contributed by atoms with van der Waals surface area (Å²) in [4.78, 5) is 0. The molecule has 2 aromatic rings. The van der Waals surface area contributed by atoms with Gasteiger partial charge in [0.1, 0.15) is 0 Å². The Morgan fingerprint density at radius 1 is 1.33 bits per heavy atom. The second-order valence-electron chi connectivity index (χ2n) is 4.26. The lowest BCUT2D eigenvalue weighted by Crippen LogP contribution is -2.07. The molecule has 0 saturated heterocycles. The highest BCUT2D eigenvalue weighted by atomic mass is 15.4. The van der Waals surface area contributed by atoms with Gasteiger partial charge in [-0.05, 0) is 24.5 Å². The molecule has 2 rings (SSSR count). The Labute approximate surface area is 107 Å². The Bertz CT molecular complexity index is 578. The van der Waals surface area contributed by atoms with Crippen molar-refractivity contribution in [1.29, 1.82) is 5.26 Å². The summed E-state index contributed by atoms with van der Waals surface area (Å²) in [6.07, 6.45) is 1.17. The molecule has 18 heavy (non-hydrogen) atoms. The molecule has 0 unspecified atom stereocenters. The molecule has 1 aromatic heterocycles. The monoisotopic (exact) mass is 240 g/mol. The molecule has 0 bridgehead atoms. The fourth-order valence-electron chi connectivity index (χ4n) is 2.04. The molecular formula is C14H16N4. The van der Waals surface area contributed by atoms with E-state index in [2.05, 4.69) is 42.4 Å². The van der Waals surface area contributed by atoms with E-state index in [1.165, 1.54) is 11.1 Å². The van der Waals surface area contributed by atoms with Crippen molar-refractivity contribution in [3.05, 3.63) is 46.8 Å². The fourth-order valence-corrected chi connectivity index (χ4v) is 2.04. The van der Waals surface area contributed by atoms with Crippen molar-refractivity contribution in [2.75, 3.05) is 0 Å². The van der Waals surface area contributed by atoms with Crippen LogP contribution in [0.5, 0.6) is 0 Å². The van der Waals surface area contributed by atoms with E-state index in [0.717, 1.165) is 17.8 Å². The maximum absolute atomic E-state index is 8.76. The normalized spacial score (nSPS) is 10.3. The van der Waals surface area contributed by atoms with Crippen molar-refractivity contribution >= 4 is 0 Å². The van der Waals surface area contributed by atoms with Crippen molar-refractivity contribution in [3.63, 3.8) is 0 Å². The van der Waals surface area contributed by atoms with E-state index in [1.54, 1.807) is 0 Å². The number of rotatable bonds is 4. The van der Waals surface area contributed by atoms with Crippen LogP contribution in [-0.4, -0.2) is 15.0 Å². The second-order valence-corrected chi connectivity index (χ2v) is 4.26. The predicted octanol–water partition coefficient (Wildman–Crippen LogP) is 2.26. The maximum Gasteiger partial charge on any atom is 0.0999 e. The van der Waals surface area contributed by atoms with Crippen LogP contribution in [0.4, 0.5) is 0 Å². The summed E-state index contributed by atoms with van der Waals surface area (Å²) in [6.45, 7) is 4.87. The molecule has 1 aromatic carbocycles. The molecule has 0 spiro atoms. The predicted molar refractivity (Wildman–Crippen MR) is 69.0 cm³/mol. The Hall–Kier alpha value is -2.15. The van der Waals surface area contributed by atoms with Gasteiger partial charge in [0.25, 0.3) is 0 Å². The minimum absolute atomic E-state index is 0.330. The largest absolute Gasteiger partial charge is 0.245 e. The lowest BCUT2D eigenvalue weighted by molar-refractivity contribution is 0.620. The molecule has 0 aliphatic heterocycles. The molecule has 0 radical (unpaired) electrons. The lowest BCUT2D eigenvalue weighted by Gasteiger charge is -2.08. The Morgan fingerprint density at radius 2 is 2.11 bits per heavy atom. The standard InChI is InChI=1S/C14H16N4/c1-3-14-13(8-9-15)16-17-18(14)10-12-7-5-4-6-11(12)2/h4-7H,3,8,10H2,1-2H3. The maximum atomic E-state index is 8.76. The van der Waals surface area contributed by atoms with Crippen molar-refractivity contribution in [3.8, 4) is 6.07 Å². The van der Waals surface area contributed by atoms with Gasteiger partial charge in [0.15, 0.2) is 0 Å². The van der Waals surface area contributed by atoms with Gasteiger partial charge < -0.3 is 0 Å². The fraction of sp³-hybridized carbons (Fsp3) is 0.357. The summed E-state index contributed by atoms with van der Waals surface area (Å²) in [5.74, 6) is 0. The number of aromatic nitrogens is 3. The average molecular weight is 240 g/mol. The number of nitriles is 1. The number of hydrogen-bond acceptors (Lipinski definition) is 3. The summed E-state index contributed by atoms with van der Waals surface area (Å²) >= 11 is 0. The SMILES string of the molecule is CCc1c(CC#N)nnn1Cc1ccccc1C. The number of benzene rings is 1. The quantitative estimate of drug-likeness (QED) is 0.823. The van der Waals surface area contributed by atoms with Crippen LogP contribution < -0.4 is 0 Å². The summed E-state index contributed by atoms with van der Waals surface area (Å²) in [5.41, 5.74) is 4.34. The topological polar surface area (TPSA) is 54.5 Å². The molecule has 0 amide bonds. The zero-order valence-corrected chi connectivity index (χ0v) is 10.7. The van der Waals surface area contributed by atoms with Crippen LogP contribution in [0.1, 0.15) is 29.4 Å². The van der Waals surface area contributed by atoms with Gasteiger partial charge >= 0.3 is 0 Å². The zero-order valence-electron chi connectivity index (χ0n) is 10.7. The highest BCUT2D eigenvalue weighted by molar-refractivity contribution is 5.26. The lowest BCUT2D eigenvalue weighted by atomic mass is 10.1. The third-order valence-electron chi connectivity index (χ3n) is 3.08. The minimum Gasteiger partial charge on any atom is -0.245 e. The van der Waals surface area contributed by atoms with E-state index in [-0.39, 0.29) is 0 Å². The molecule has 1 heterocycles. The van der Waals surface area contributed by atoms with Gasteiger partial charge in [0.05, 0.1) is 30.4 Å². The third-order valence-corrected chi connectivity index (χ3v) is 3.08. The second kappa shape index (κ2) is 5.46. The zero-order chi connectivity index (χ0) is 13.0. The molecule has 0 atom stereocenters. The first-order valence-corrected chi connectivity index (χ1v) is 6.09. The molecule has 0 saturated carbocycles. The summed E-state index contributed by atoms with van der Waals surface area (Å²) in [5, 5.41) is 17.0. The van der Waals surface area contributed by atoms with Crippen LogP contribution in [0.25, 0.3) is 0 Å². The summed E-state index contributed by atoms with van der Waals surface area (Å²) in [7, 11) is 0. The molecule has 92 valence electrons. The van der Waals surface area contributed by atoms with Crippen LogP contribution in [0.3, 0.4) is 0 Å². The smallest absolute Gasteiger partial charge is 0.0999 e. The third kappa shape index (κ3) is 2.40. The number of hydrogen-bond donors (Lipinski definition) is 0. The van der Waals surface area contributed by atoms with Crippen LogP contribution in [0, 0.1) is 18.3 Å². The molecule has 0 aliphatic rings. The molecular weight excluding hydrogens is 224 g/mol. The Balaban J connectivity index is 2.30. The van der Waals surface area contributed by atoms with Gasteiger partial charge in [0.2, 0.25) is 0 Å². The molecule has 0 aliphatic carbocycles. The van der Waals surface area contributed by atoms with E-state index in [4.69, 9.17) is 5.26 Å². The number of nitrogens with zero attached hydrogens (tertiary/aromatic N) is 4. The van der Waals surface area contributed by atoms with Crippen molar-refractivity contribution in [1.82, 2.24) is 15.0 Å². The van der Waals surface area contributed by atoms with Crippen molar-refractivity contribution < 1.29 is 0 Å². The molecule has 0 fully saturated rings. The minimum atomic E-state index is 0.330. The first-order chi connectivity index (χ1) is 8.76. The van der Waals surface area contributed by atoms with Crippen LogP contribution >= 0.6 is 0 Å². The van der Waals surface area contributed by atoms with Gasteiger partial charge in [-0.1, -0.05) is 36.4 Å². The van der Waals surface area contributed by atoms with Gasteiger partial charge in [-0.2, -0.15) is 5.26 Å². The van der Waals surface area contributed by atoms with Gasteiger partial charge in [0, 0.05) is 0 Å². The first-order valence-electron chi connectivity index (χ1n) is 6.09. The molecule has 0 N–H and O–H groups in total. The highest BCUT2D eigenvalue weighted by Gasteiger charge is 2.11. The van der Waals surface area contributed by atoms with Crippen LogP contribution in [0.15, 0.2) is 24.3 Å². The van der Waals surface area contributed by atoms with E-state index in [1.807, 2.05) is 16.8 Å². The molecule has 4 heteroatoms. The van der Waals surface area contributed by atoms with E-state index in [9.17, 15) is 0 Å². The summed E-state index contributed by atoms with van der Waals surface area (Å²) < 4.78 is 1.90. The van der Waals surface area contributed by atoms with E-state index < -0.39 is 0 Å². The van der Waals surface area contributed by atoms with Crippen LogP contribution in [0.2, 0.25) is 0 Å². The van der Waals surface area contributed by atoms with Crippen molar-refractivity contribution in [2.45, 2.75) is 33.2 Å². The Kier molecular flexibility index (Phi) is 3.73. The van der Waals surface area contributed by atoms with Gasteiger partial charge in [-0.3, -0.25) is 0 Å². The van der Waals surface area contributed by atoms with Crippen LogP contribution in [-0.2, 0) is 19.4 Å². The number of aryl methyl sites for hydroxylation is 1. The highest BCUT2D eigenvalue weighted by Crippen LogP contribution is 2.13. The van der Waals surface area contributed by atoms with E-state index >= 15 is 0 Å².